The fourth-order valence-electron chi connectivity index (χ4n) is 3.36. The van der Waals surface area contributed by atoms with Crippen molar-refractivity contribution in [2.24, 2.45) is 5.16 Å². The molecule has 2 aromatic carbocycles. The third-order valence-corrected chi connectivity index (χ3v) is 5.07. The zero-order valence-electron chi connectivity index (χ0n) is 15.5. The number of carbonyl (C=O) groups is 1. The lowest BCUT2D eigenvalue weighted by Crippen LogP contribution is -2.44. The van der Waals surface area contributed by atoms with E-state index in [2.05, 4.69) is 39.5 Å². The van der Waals surface area contributed by atoms with Crippen LogP contribution < -0.4 is 10.2 Å². The Morgan fingerprint density at radius 1 is 1.04 bits per heavy atom. The maximum absolute atomic E-state index is 12.5. The number of rotatable bonds is 4. The van der Waals surface area contributed by atoms with Crippen LogP contribution in [0.5, 0.6) is 0 Å². The summed E-state index contributed by atoms with van der Waals surface area (Å²) in [6.07, 6.45) is -0.104. The Balaban J connectivity index is 1.32. The first kappa shape index (κ1) is 17.5. The second-order valence-electron chi connectivity index (χ2n) is 7.03. The Bertz CT molecular complexity index is 812. The lowest BCUT2D eigenvalue weighted by molar-refractivity contribution is -0.125. The highest BCUT2D eigenvalue weighted by Gasteiger charge is 2.28. The second-order valence-corrected chi connectivity index (χ2v) is 7.03. The molecular formula is C21H24N4O2. The molecule has 1 fully saturated rings. The van der Waals surface area contributed by atoms with Crippen molar-refractivity contribution >= 4 is 23.0 Å². The van der Waals surface area contributed by atoms with E-state index in [-0.39, 0.29) is 5.91 Å². The van der Waals surface area contributed by atoms with Gasteiger partial charge in [-0.05, 0) is 36.9 Å². The predicted molar refractivity (Wildman–Crippen MR) is 107 cm³/mol. The molecule has 0 saturated carbocycles. The number of nitrogens with one attached hydrogen (secondary N) is 1. The molecule has 6 nitrogen and oxygen atoms in total. The molecule has 1 amide bonds. The summed E-state index contributed by atoms with van der Waals surface area (Å²) in [4.78, 5) is 22.5. The van der Waals surface area contributed by atoms with E-state index in [4.69, 9.17) is 4.84 Å². The van der Waals surface area contributed by atoms with Crippen LogP contribution in [0, 0.1) is 0 Å². The van der Waals surface area contributed by atoms with Gasteiger partial charge in [0.05, 0.1) is 5.71 Å². The van der Waals surface area contributed by atoms with E-state index in [1.807, 2.05) is 42.5 Å². The summed E-state index contributed by atoms with van der Waals surface area (Å²) in [5.74, 6) is -0.169. The smallest absolute Gasteiger partial charge is 0.268 e. The van der Waals surface area contributed by atoms with Crippen LogP contribution >= 0.6 is 0 Å². The van der Waals surface area contributed by atoms with Gasteiger partial charge in [-0.3, -0.25) is 4.79 Å². The van der Waals surface area contributed by atoms with Crippen molar-refractivity contribution in [3.05, 3.63) is 60.2 Å². The van der Waals surface area contributed by atoms with Gasteiger partial charge in [-0.15, -0.1) is 0 Å². The first-order valence-electron chi connectivity index (χ1n) is 9.31. The summed E-state index contributed by atoms with van der Waals surface area (Å²) in [6, 6.07) is 17.8. The maximum Gasteiger partial charge on any atom is 0.268 e. The number of oxime groups is 1. The molecule has 0 aromatic heterocycles. The van der Waals surface area contributed by atoms with Gasteiger partial charge in [-0.25, -0.2) is 0 Å². The summed E-state index contributed by atoms with van der Waals surface area (Å²) in [5.41, 5.74) is 3.76. The quantitative estimate of drug-likeness (QED) is 0.906. The zero-order chi connectivity index (χ0) is 18.6. The van der Waals surface area contributed by atoms with Crippen LogP contribution in [0.3, 0.4) is 0 Å². The number of carbonyl (C=O) groups excluding carboxylic acids is 1. The van der Waals surface area contributed by atoms with Crippen molar-refractivity contribution in [1.82, 2.24) is 4.90 Å². The summed E-state index contributed by atoms with van der Waals surface area (Å²) < 4.78 is 0. The van der Waals surface area contributed by atoms with Crippen LogP contribution in [-0.2, 0) is 9.63 Å². The molecule has 27 heavy (non-hydrogen) atoms. The predicted octanol–water partition coefficient (Wildman–Crippen LogP) is 2.57. The van der Waals surface area contributed by atoms with Gasteiger partial charge in [-0.1, -0.05) is 35.5 Å². The first-order valence-corrected chi connectivity index (χ1v) is 9.31. The number of anilines is 2. The molecule has 1 unspecified atom stereocenters. The van der Waals surface area contributed by atoms with E-state index in [0.717, 1.165) is 43.1 Å². The number of hydrogen-bond donors (Lipinski definition) is 1. The van der Waals surface area contributed by atoms with Crippen molar-refractivity contribution in [2.75, 3.05) is 43.4 Å². The fourth-order valence-corrected chi connectivity index (χ4v) is 3.36. The highest BCUT2D eigenvalue weighted by Crippen LogP contribution is 2.21. The van der Waals surface area contributed by atoms with E-state index in [1.54, 1.807) is 0 Å². The first-order chi connectivity index (χ1) is 13.2. The molecule has 2 aromatic rings. The number of benzene rings is 2. The lowest BCUT2D eigenvalue weighted by atomic mass is 10.0. The molecular weight excluding hydrogens is 340 g/mol. The van der Waals surface area contributed by atoms with Gasteiger partial charge in [0.25, 0.3) is 5.91 Å². The molecule has 1 N–H and O–H groups in total. The summed E-state index contributed by atoms with van der Waals surface area (Å²) in [7, 11) is 2.15. The van der Waals surface area contributed by atoms with Crippen molar-refractivity contribution in [1.29, 1.82) is 0 Å². The van der Waals surface area contributed by atoms with Crippen molar-refractivity contribution in [2.45, 2.75) is 12.5 Å². The molecule has 2 aliphatic rings. The van der Waals surface area contributed by atoms with E-state index in [0.29, 0.717) is 6.42 Å². The Labute approximate surface area is 159 Å². The van der Waals surface area contributed by atoms with E-state index in [9.17, 15) is 4.79 Å². The molecule has 2 aliphatic heterocycles. The molecule has 4 rings (SSSR count). The van der Waals surface area contributed by atoms with Crippen molar-refractivity contribution in [3.8, 4) is 0 Å². The average molecular weight is 364 g/mol. The zero-order valence-corrected chi connectivity index (χ0v) is 15.5. The van der Waals surface area contributed by atoms with Gasteiger partial charge in [0.15, 0.2) is 0 Å². The monoisotopic (exact) mass is 364 g/mol. The van der Waals surface area contributed by atoms with Crippen LogP contribution in [0.15, 0.2) is 59.8 Å². The third kappa shape index (κ3) is 4.11. The van der Waals surface area contributed by atoms with Gasteiger partial charge in [0.1, 0.15) is 0 Å². The largest absolute Gasteiger partial charge is 0.382 e. The minimum Gasteiger partial charge on any atom is -0.382 e. The Kier molecular flexibility index (Phi) is 5.07. The Morgan fingerprint density at radius 3 is 2.44 bits per heavy atom. The topological polar surface area (TPSA) is 57.2 Å². The number of piperazine rings is 1. The highest BCUT2D eigenvalue weighted by molar-refractivity contribution is 6.06. The lowest BCUT2D eigenvalue weighted by Gasteiger charge is -2.34. The van der Waals surface area contributed by atoms with Crippen molar-refractivity contribution in [3.63, 3.8) is 0 Å². The maximum atomic E-state index is 12.5. The second kappa shape index (κ2) is 7.80. The normalized spacial score (nSPS) is 20.1. The SMILES string of the molecule is CN1CCN(c2ccc(NC(=O)C3CC(c4ccccc4)=NO3)cc2)CC1. The molecule has 0 aliphatic carbocycles. The Hall–Kier alpha value is -2.86. The van der Waals surface area contributed by atoms with Crippen LogP contribution in [0.25, 0.3) is 0 Å². The van der Waals surface area contributed by atoms with Gasteiger partial charge in [-0.2, -0.15) is 0 Å². The molecule has 0 spiro atoms. The van der Waals surface area contributed by atoms with Crippen LogP contribution in [0.4, 0.5) is 11.4 Å². The third-order valence-electron chi connectivity index (χ3n) is 5.07. The van der Waals surface area contributed by atoms with Crippen molar-refractivity contribution < 1.29 is 9.63 Å². The molecule has 2 heterocycles. The molecule has 6 heteroatoms. The van der Waals surface area contributed by atoms with Gasteiger partial charge in [0.2, 0.25) is 6.10 Å². The van der Waals surface area contributed by atoms with Gasteiger partial charge < -0.3 is 20.0 Å². The molecule has 140 valence electrons. The number of hydrogen-bond acceptors (Lipinski definition) is 5. The van der Waals surface area contributed by atoms with Crippen LogP contribution in [-0.4, -0.2) is 55.8 Å². The Morgan fingerprint density at radius 2 is 1.74 bits per heavy atom. The van der Waals surface area contributed by atoms with E-state index >= 15 is 0 Å². The summed E-state index contributed by atoms with van der Waals surface area (Å²) in [6.45, 7) is 4.19. The summed E-state index contributed by atoms with van der Waals surface area (Å²) >= 11 is 0. The summed E-state index contributed by atoms with van der Waals surface area (Å²) in [5, 5.41) is 7.01. The van der Waals surface area contributed by atoms with Gasteiger partial charge >= 0.3 is 0 Å². The van der Waals surface area contributed by atoms with E-state index in [1.165, 1.54) is 5.69 Å². The number of amides is 1. The van der Waals surface area contributed by atoms with Crippen LogP contribution in [0.2, 0.25) is 0 Å². The number of nitrogens with zero attached hydrogens (tertiary/aromatic N) is 3. The molecule has 1 atom stereocenters. The fraction of sp³-hybridized carbons (Fsp3) is 0.333. The highest BCUT2D eigenvalue weighted by atomic mass is 16.6. The standard InChI is InChI=1S/C21H24N4O2/c1-24-11-13-25(14-12-24)18-9-7-17(8-10-18)22-21(26)20-15-19(23-27-20)16-5-3-2-4-6-16/h2-10,20H,11-15H2,1H3,(H,22,26). The minimum absolute atomic E-state index is 0.169. The molecule has 0 radical (unpaired) electrons. The van der Waals surface area contributed by atoms with Gasteiger partial charge in [0, 0.05) is 44.0 Å². The van der Waals surface area contributed by atoms with Crippen LogP contribution in [0.1, 0.15) is 12.0 Å². The average Bonchev–Trinajstić information content (AvgIpc) is 3.20. The number of likely N-dealkylation sites (N-methyl/N-ethyl adjacent to an activating group) is 1. The van der Waals surface area contributed by atoms with E-state index < -0.39 is 6.10 Å². The molecule has 0 bridgehead atoms. The minimum atomic E-state index is -0.586. The molecule has 1 saturated heterocycles.